The van der Waals surface area contributed by atoms with E-state index in [0.717, 1.165) is 38.5 Å². The van der Waals surface area contributed by atoms with Crippen LogP contribution < -0.4 is 5.32 Å². The first-order valence-corrected chi connectivity index (χ1v) is 9.39. The number of nitrogens with one attached hydrogen (secondary N) is 1. The van der Waals surface area contributed by atoms with E-state index >= 15 is 0 Å². The minimum atomic E-state index is -0.451. The van der Waals surface area contributed by atoms with E-state index < -0.39 is 4.92 Å². The van der Waals surface area contributed by atoms with E-state index in [4.69, 9.17) is 16.0 Å². The summed E-state index contributed by atoms with van der Waals surface area (Å²) >= 11 is 6.20. The predicted molar refractivity (Wildman–Crippen MR) is 107 cm³/mol. The molecular weight excluding hydrogens is 389 g/mol. The van der Waals surface area contributed by atoms with Gasteiger partial charge in [0.15, 0.2) is 0 Å². The summed E-state index contributed by atoms with van der Waals surface area (Å²) in [7, 11) is 0. The van der Waals surface area contributed by atoms with Gasteiger partial charge < -0.3 is 9.73 Å². The topological polar surface area (TPSA) is 71.6 Å². The Morgan fingerprint density at radius 2 is 2.00 bits per heavy atom. The van der Waals surface area contributed by atoms with E-state index in [1.54, 1.807) is 6.07 Å². The fraction of sp³-hybridized carbons (Fsp3) is 0.474. The van der Waals surface area contributed by atoms with Gasteiger partial charge >= 0.3 is 0 Å². The molecule has 146 valence electrons. The van der Waals surface area contributed by atoms with Gasteiger partial charge in [-0.25, -0.2) is 0 Å². The first kappa shape index (κ1) is 20.1. The highest BCUT2D eigenvalue weighted by Gasteiger charge is 2.38. The van der Waals surface area contributed by atoms with E-state index in [2.05, 4.69) is 10.2 Å². The van der Waals surface area contributed by atoms with Crippen LogP contribution in [0, 0.1) is 15.5 Å². The number of rotatable bonds is 4. The summed E-state index contributed by atoms with van der Waals surface area (Å²) in [5, 5.41) is 14.6. The maximum Gasteiger partial charge on any atom is 0.270 e. The Labute approximate surface area is 169 Å². The zero-order valence-electron chi connectivity index (χ0n) is 14.9. The number of non-ortho nitro benzene ring substituents is 1. The second-order valence-corrected chi connectivity index (χ2v) is 7.81. The molecule has 2 saturated heterocycles. The fourth-order valence-electron chi connectivity index (χ4n) is 4.17. The van der Waals surface area contributed by atoms with E-state index in [9.17, 15) is 10.1 Å². The Balaban J connectivity index is 0.00000210. The molecule has 2 aromatic rings. The third kappa shape index (κ3) is 4.29. The molecule has 27 heavy (non-hydrogen) atoms. The lowest BCUT2D eigenvalue weighted by Crippen LogP contribution is -2.38. The van der Waals surface area contributed by atoms with Crippen molar-refractivity contribution in [2.24, 2.45) is 5.41 Å². The van der Waals surface area contributed by atoms with Crippen molar-refractivity contribution < 1.29 is 9.34 Å². The molecule has 0 amide bonds. The molecule has 3 heterocycles. The molecule has 0 unspecified atom stereocenters. The molecule has 0 radical (unpaired) electrons. The van der Waals surface area contributed by atoms with E-state index in [1.807, 2.05) is 12.1 Å². The number of furan rings is 1. The maximum absolute atomic E-state index is 10.8. The Morgan fingerprint density at radius 3 is 2.70 bits per heavy atom. The Kier molecular flexibility index (Phi) is 6.11. The van der Waals surface area contributed by atoms with Gasteiger partial charge in [0.25, 0.3) is 5.69 Å². The van der Waals surface area contributed by atoms with Crippen molar-refractivity contribution in [1.29, 1.82) is 0 Å². The SMILES string of the molecule is Cl.O=[N+]([O-])c1ccc(-c2ccc(CN3CCC4(CCNCC4)C3)o2)c(Cl)c1. The second kappa shape index (κ2) is 8.19. The van der Waals surface area contributed by atoms with Gasteiger partial charge in [0.05, 0.1) is 16.5 Å². The third-order valence-electron chi connectivity index (χ3n) is 5.65. The zero-order valence-corrected chi connectivity index (χ0v) is 16.5. The standard InChI is InChI=1S/C19H22ClN3O3.ClH/c20-17-11-14(23(24)25)1-3-16(17)18-4-2-15(26-18)12-22-10-7-19(13-22)5-8-21-9-6-19;/h1-4,11,21H,5-10,12-13H2;1H. The smallest absolute Gasteiger partial charge is 0.270 e. The molecule has 4 rings (SSSR count). The second-order valence-electron chi connectivity index (χ2n) is 7.40. The summed E-state index contributed by atoms with van der Waals surface area (Å²) in [5.74, 6) is 1.55. The number of hydrogen-bond acceptors (Lipinski definition) is 5. The van der Waals surface area contributed by atoms with Crippen LogP contribution in [-0.4, -0.2) is 36.0 Å². The lowest BCUT2D eigenvalue weighted by atomic mass is 9.78. The maximum atomic E-state index is 10.8. The molecule has 0 bridgehead atoms. The molecule has 6 nitrogen and oxygen atoms in total. The first-order valence-electron chi connectivity index (χ1n) is 9.01. The number of nitrogens with zero attached hydrogens (tertiary/aromatic N) is 2. The molecule has 1 aromatic carbocycles. The van der Waals surface area contributed by atoms with Crippen LogP contribution in [0.3, 0.4) is 0 Å². The third-order valence-corrected chi connectivity index (χ3v) is 5.96. The van der Waals surface area contributed by atoms with Gasteiger partial charge in [-0.05, 0) is 62.5 Å². The average molecular weight is 412 g/mol. The van der Waals surface area contributed by atoms with Crippen molar-refractivity contribution in [3.63, 3.8) is 0 Å². The van der Waals surface area contributed by atoms with E-state index in [-0.39, 0.29) is 18.1 Å². The quantitative estimate of drug-likeness (QED) is 0.591. The van der Waals surface area contributed by atoms with Crippen molar-refractivity contribution >= 4 is 29.7 Å². The number of piperidine rings is 1. The number of halogens is 2. The van der Waals surface area contributed by atoms with Crippen molar-refractivity contribution in [1.82, 2.24) is 10.2 Å². The van der Waals surface area contributed by atoms with Gasteiger partial charge in [0.1, 0.15) is 11.5 Å². The Bertz CT molecular complexity index is 818. The fourth-order valence-corrected chi connectivity index (χ4v) is 4.44. The molecule has 0 saturated carbocycles. The predicted octanol–water partition coefficient (Wildman–Crippen LogP) is 4.51. The number of likely N-dealkylation sites (tertiary alicyclic amines) is 1. The van der Waals surface area contributed by atoms with Crippen LogP contribution in [0.25, 0.3) is 11.3 Å². The van der Waals surface area contributed by atoms with Gasteiger partial charge in [-0.15, -0.1) is 12.4 Å². The molecule has 8 heteroatoms. The highest BCUT2D eigenvalue weighted by molar-refractivity contribution is 6.33. The number of benzene rings is 1. The van der Waals surface area contributed by atoms with Crippen molar-refractivity contribution in [3.8, 4) is 11.3 Å². The highest BCUT2D eigenvalue weighted by atomic mass is 35.5. The summed E-state index contributed by atoms with van der Waals surface area (Å²) in [6, 6.07) is 8.31. The molecule has 2 aliphatic rings. The molecule has 2 aliphatic heterocycles. The Hall–Kier alpha value is -1.60. The normalized spacial score (nSPS) is 19.1. The van der Waals surface area contributed by atoms with Gasteiger partial charge in [-0.2, -0.15) is 0 Å². The number of hydrogen-bond donors (Lipinski definition) is 1. The Morgan fingerprint density at radius 1 is 1.22 bits per heavy atom. The van der Waals surface area contributed by atoms with Gasteiger partial charge in [0.2, 0.25) is 0 Å². The van der Waals surface area contributed by atoms with E-state index in [1.165, 1.54) is 31.4 Å². The van der Waals surface area contributed by atoms with Crippen LogP contribution in [-0.2, 0) is 6.54 Å². The minimum Gasteiger partial charge on any atom is -0.460 e. The highest BCUT2D eigenvalue weighted by Crippen LogP contribution is 2.39. The van der Waals surface area contributed by atoms with Crippen molar-refractivity contribution in [3.05, 3.63) is 51.2 Å². The lowest BCUT2D eigenvalue weighted by molar-refractivity contribution is -0.384. The van der Waals surface area contributed by atoms with Crippen molar-refractivity contribution in [2.75, 3.05) is 26.2 Å². The number of nitro groups is 1. The van der Waals surface area contributed by atoms with Gasteiger partial charge in [-0.3, -0.25) is 15.0 Å². The molecular formula is C19H23Cl2N3O3. The number of nitro benzene ring substituents is 1. The average Bonchev–Trinajstić information content (AvgIpc) is 3.23. The van der Waals surface area contributed by atoms with Crippen LogP contribution in [0.2, 0.25) is 5.02 Å². The van der Waals surface area contributed by atoms with Crippen LogP contribution in [0.5, 0.6) is 0 Å². The monoisotopic (exact) mass is 411 g/mol. The molecule has 0 aliphatic carbocycles. The molecule has 1 aromatic heterocycles. The minimum absolute atomic E-state index is 0. The van der Waals surface area contributed by atoms with Gasteiger partial charge in [0, 0.05) is 24.2 Å². The largest absolute Gasteiger partial charge is 0.460 e. The van der Waals surface area contributed by atoms with Crippen LogP contribution >= 0.6 is 24.0 Å². The summed E-state index contributed by atoms with van der Waals surface area (Å²) in [6.45, 7) is 5.27. The van der Waals surface area contributed by atoms with Crippen LogP contribution in [0.4, 0.5) is 5.69 Å². The van der Waals surface area contributed by atoms with Crippen LogP contribution in [0.15, 0.2) is 34.7 Å². The van der Waals surface area contributed by atoms with Crippen molar-refractivity contribution in [2.45, 2.75) is 25.8 Å². The summed E-state index contributed by atoms with van der Waals surface area (Å²) in [6.07, 6.45) is 3.77. The summed E-state index contributed by atoms with van der Waals surface area (Å²) in [5.41, 5.74) is 1.14. The lowest BCUT2D eigenvalue weighted by Gasteiger charge is -2.33. The van der Waals surface area contributed by atoms with Gasteiger partial charge in [-0.1, -0.05) is 11.6 Å². The summed E-state index contributed by atoms with van der Waals surface area (Å²) in [4.78, 5) is 12.9. The summed E-state index contributed by atoms with van der Waals surface area (Å²) < 4.78 is 5.98. The molecule has 1 N–H and O–H groups in total. The molecule has 2 fully saturated rings. The van der Waals surface area contributed by atoms with E-state index in [0.29, 0.717) is 21.8 Å². The molecule has 0 atom stereocenters. The molecule has 1 spiro atoms. The van der Waals surface area contributed by atoms with Crippen LogP contribution in [0.1, 0.15) is 25.0 Å². The first-order chi connectivity index (χ1) is 12.5. The zero-order chi connectivity index (χ0) is 18.1.